The second kappa shape index (κ2) is 8.05. The molecule has 0 amide bonds. The number of hydrogen-bond donors (Lipinski definition) is 1. The van der Waals surface area contributed by atoms with Crippen LogP contribution in [-0.4, -0.2) is 12.6 Å². The molecule has 84 valence electrons. The molecule has 0 aliphatic heterocycles. The fourth-order valence-electron chi connectivity index (χ4n) is 1.38. The lowest BCUT2D eigenvalue weighted by Crippen LogP contribution is -2.27. The molecule has 0 aliphatic carbocycles. The molecule has 0 fully saturated rings. The average Bonchev–Trinajstić information content (AvgIpc) is 2.13. The van der Waals surface area contributed by atoms with Gasteiger partial charge in [0.25, 0.3) is 0 Å². The highest BCUT2D eigenvalue weighted by atomic mass is 14.9. The van der Waals surface area contributed by atoms with Crippen LogP contribution in [0.2, 0.25) is 0 Å². The molecule has 0 radical (unpaired) electrons. The maximum Gasteiger partial charge on any atom is 0.0164 e. The maximum absolute atomic E-state index is 3.99. The van der Waals surface area contributed by atoms with Crippen LogP contribution in [0.15, 0.2) is 12.2 Å². The lowest BCUT2D eigenvalue weighted by Gasteiger charge is -2.14. The zero-order chi connectivity index (χ0) is 11.0. The standard InChI is InChI=1S/C13H27N/c1-6-12(4)10-14-13(5)9-7-8-11(2)3/h11,13-14H,4,6-10H2,1-3,5H3. The molecule has 1 unspecified atom stereocenters. The molecule has 1 N–H and O–H groups in total. The Morgan fingerprint density at radius 1 is 1.21 bits per heavy atom. The molecule has 0 saturated carbocycles. The maximum atomic E-state index is 3.99. The van der Waals surface area contributed by atoms with Gasteiger partial charge in [0, 0.05) is 12.6 Å². The van der Waals surface area contributed by atoms with Crippen LogP contribution >= 0.6 is 0 Å². The summed E-state index contributed by atoms with van der Waals surface area (Å²) in [6.07, 6.45) is 5.06. The van der Waals surface area contributed by atoms with Crippen molar-refractivity contribution in [1.82, 2.24) is 5.32 Å². The topological polar surface area (TPSA) is 12.0 Å². The summed E-state index contributed by atoms with van der Waals surface area (Å²) in [6, 6.07) is 0.636. The molecule has 0 rings (SSSR count). The quantitative estimate of drug-likeness (QED) is 0.584. The lowest BCUT2D eigenvalue weighted by atomic mass is 10.0. The normalized spacial score (nSPS) is 13.2. The monoisotopic (exact) mass is 197 g/mol. The third kappa shape index (κ3) is 8.31. The summed E-state index contributed by atoms with van der Waals surface area (Å²) in [6.45, 7) is 14.0. The zero-order valence-corrected chi connectivity index (χ0v) is 10.4. The van der Waals surface area contributed by atoms with Gasteiger partial charge in [0.15, 0.2) is 0 Å². The summed E-state index contributed by atoms with van der Waals surface area (Å²) in [5.74, 6) is 0.841. The molecule has 0 aromatic rings. The highest BCUT2D eigenvalue weighted by Crippen LogP contribution is 2.08. The molecule has 0 bridgehead atoms. The number of rotatable bonds is 8. The second-order valence-corrected chi connectivity index (χ2v) is 4.71. The molecule has 0 aromatic heterocycles. The van der Waals surface area contributed by atoms with Crippen molar-refractivity contribution in [2.45, 2.75) is 59.4 Å². The van der Waals surface area contributed by atoms with Gasteiger partial charge < -0.3 is 5.32 Å². The first-order valence-electron chi connectivity index (χ1n) is 5.96. The molecule has 0 saturated heterocycles. The predicted octanol–water partition coefficient (Wildman–Crippen LogP) is 3.76. The van der Waals surface area contributed by atoms with Gasteiger partial charge in [0.2, 0.25) is 0 Å². The van der Waals surface area contributed by atoms with Crippen LogP contribution < -0.4 is 5.32 Å². The van der Waals surface area contributed by atoms with E-state index in [1.807, 2.05) is 0 Å². The largest absolute Gasteiger partial charge is 0.311 e. The first-order valence-corrected chi connectivity index (χ1v) is 5.96. The Balaban J connectivity index is 3.36. The van der Waals surface area contributed by atoms with Gasteiger partial charge in [0.1, 0.15) is 0 Å². The minimum Gasteiger partial charge on any atom is -0.311 e. The van der Waals surface area contributed by atoms with Crippen LogP contribution in [0.1, 0.15) is 53.4 Å². The third-order valence-corrected chi connectivity index (χ3v) is 2.62. The smallest absolute Gasteiger partial charge is 0.0164 e. The number of nitrogens with one attached hydrogen (secondary N) is 1. The molecule has 0 aromatic carbocycles. The minimum atomic E-state index is 0.636. The van der Waals surface area contributed by atoms with Gasteiger partial charge in [-0.1, -0.05) is 45.8 Å². The van der Waals surface area contributed by atoms with E-state index in [0.29, 0.717) is 6.04 Å². The summed E-state index contributed by atoms with van der Waals surface area (Å²) < 4.78 is 0. The van der Waals surface area contributed by atoms with E-state index in [1.165, 1.54) is 24.8 Å². The molecule has 0 spiro atoms. The van der Waals surface area contributed by atoms with Crippen molar-refractivity contribution >= 4 is 0 Å². The Morgan fingerprint density at radius 2 is 1.86 bits per heavy atom. The van der Waals surface area contributed by atoms with E-state index >= 15 is 0 Å². The van der Waals surface area contributed by atoms with E-state index in [0.717, 1.165) is 18.9 Å². The Labute approximate surface area is 90.0 Å². The summed E-state index contributed by atoms with van der Waals surface area (Å²) in [5.41, 5.74) is 1.31. The summed E-state index contributed by atoms with van der Waals surface area (Å²) in [4.78, 5) is 0. The Bertz CT molecular complexity index is 149. The first-order chi connectivity index (χ1) is 6.56. The molecular weight excluding hydrogens is 170 g/mol. The van der Waals surface area contributed by atoms with Gasteiger partial charge in [-0.3, -0.25) is 0 Å². The van der Waals surface area contributed by atoms with Gasteiger partial charge in [-0.25, -0.2) is 0 Å². The van der Waals surface area contributed by atoms with E-state index in [9.17, 15) is 0 Å². The predicted molar refractivity (Wildman–Crippen MR) is 65.6 cm³/mol. The Kier molecular flexibility index (Phi) is 7.87. The average molecular weight is 197 g/mol. The van der Waals surface area contributed by atoms with E-state index in [2.05, 4.69) is 39.6 Å². The van der Waals surface area contributed by atoms with Gasteiger partial charge in [0.05, 0.1) is 0 Å². The van der Waals surface area contributed by atoms with E-state index in [1.54, 1.807) is 0 Å². The molecular formula is C13H27N. The van der Waals surface area contributed by atoms with Crippen LogP contribution in [0.5, 0.6) is 0 Å². The van der Waals surface area contributed by atoms with Gasteiger partial charge in [-0.05, 0) is 25.7 Å². The van der Waals surface area contributed by atoms with E-state index < -0.39 is 0 Å². The molecule has 0 heterocycles. The van der Waals surface area contributed by atoms with Crippen molar-refractivity contribution < 1.29 is 0 Å². The molecule has 1 nitrogen and oxygen atoms in total. The van der Waals surface area contributed by atoms with Gasteiger partial charge in [-0.15, -0.1) is 0 Å². The van der Waals surface area contributed by atoms with Crippen LogP contribution in [0.25, 0.3) is 0 Å². The Hall–Kier alpha value is -0.300. The highest BCUT2D eigenvalue weighted by Gasteiger charge is 2.02. The van der Waals surface area contributed by atoms with Crippen LogP contribution in [0.4, 0.5) is 0 Å². The van der Waals surface area contributed by atoms with Crippen molar-refractivity contribution in [2.24, 2.45) is 5.92 Å². The van der Waals surface area contributed by atoms with Crippen LogP contribution in [-0.2, 0) is 0 Å². The summed E-state index contributed by atoms with van der Waals surface area (Å²) >= 11 is 0. The van der Waals surface area contributed by atoms with Crippen molar-refractivity contribution in [1.29, 1.82) is 0 Å². The molecule has 1 heteroatoms. The van der Waals surface area contributed by atoms with Crippen molar-refractivity contribution in [3.05, 3.63) is 12.2 Å². The minimum absolute atomic E-state index is 0.636. The highest BCUT2D eigenvalue weighted by molar-refractivity contribution is 4.95. The SMILES string of the molecule is C=C(CC)CNC(C)CCCC(C)C. The van der Waals surface area contributed by atoms with E-state index in [-0.39, 0.29) is 0 Å². The van der Waals surface area contributed by atoms with Crippen LogP contribution in [0.3, 0.4) is 0 Å². The first kappa shape index (κ1) is 13.7. The molecule has 14 heavy (non-hydrogen) atoms. The van der Waals surface area contributed by atoms with Crippen molar-refractivity contribution in [2.75, 3.05) is 6.54 Å². The van der Waals surface area contributed by atoms with Crippen molar-refractivity contribution in [3.63, 3.8) is 0 Å². The van der Waals surface area contributed by atoms with Crippen LogP contribution in [0, 0.1) is 5.92 Å². The van der Waals surface area contributed by atoms with Crippen molar-refractivity contribution in [3.8, 4) is 0 Å². The number of hydrogen-bond acceptors (Lipinski definition) is 1. The zero-order valence-electron chi connectivity index (χ0n) is 10.4. The third-order valence-electron chi connectivity index (χ3n) is 2.62. The summed E-state index contributed by atoms with van der Waals surface area (Å²) in [7, 11) is 0. The molecule has 0 aliphatic rings. The van der Waals surface area contributed by atoms with E-state index in [4.69, 9.17) is 0 Å². The fraction of sp³-hybridized carbons (Fsp3) is 0.846. The Morgan fingerprint density at radius 3 is 2.36 bits per heavy atom. The molecule has 1 atom stereocenters. The van der Waals surface area contributed by atoms with Gasteiger partial charge in [-0.2, -0.15) is 0 Å². The summed E-state index contributed by atoms with van der Waals surface area (Å²) in [5, 5.41) is 3.51. The second-order valence-electron chi connectivity index (χ2n) is 4.71. The van der Waals surface area contributed by atoms with Gasteiger partial charge >= 0.3 is 0 Å². The lowest BCUT2D eigenvalue weighted by molar-refractivity contribution is 0.467. The fourth-order valence-corrected chi connectivity index (χ4v) is 1.38.